The van der Waals surface area contributed by atoms with E-state index in [9.17, 15) is 0 Å². The minimum Gasteiger partial charge on any atom is -0.317 e. The number of nitrogens with zero attached hydrogens (tertiary/aromatic N) is 1. The molecule has 0 radical (unpaired) electrons. The quantitative estimate of drug-likeness (QED) is 0.223. The minimum atomic E-state index is 0. The van der Waals surface area contributed by atoms with Gasteiger partial charge in [0.15, 0.2) is 0 Å². The third-order valence-corrected chi connectivity index (χ3v) is 4.41. The smallest absolute Gasteiger partial charge is 0.00489 e. The van der Waals surface area contributed by atoms with Crippen LogP contribution in [0.4, 0.5) is 0 Å². The van der Waals surface area contributed by atoms with Crippen LogP contribution in [0.15, 0.2) is 0 Å². The first-order valence-electron chi connectivity index (χ1n) is 11.5. The lowest BCUT2D eigenvalue weighted by molar-refractivity contribution is 0.505. The second-order valence-electron chi connectivity index (χ2n) is 8.04. The highest BCUT2D eigenvalue weighted by atomic mass is 35.5. The second-order valence-corrected chi connectivity index (χ2v) is 8.04. The highest BCUT2D eigenvalue weighted by molar-refractivity contribution is 5.85. The third kappa shape index (κ3) is 46.5. The van der Waals surface area contributed by atoms with Crippen molar-refractivity contribution < 1.29 is 0 Å². The van der Waals surface area contributed by atoms with Crippen molar-refractivity contribution in [2.45, 2.75) is 117 Å². The van der Waals surface area contributed by atoms with Gasteiger partial charge in [-0.05, 0) is 47.1 Å². The fraction of sp³-hybridized carbons (Fsp3) is 1.00. The molecule has 0 aromatic heterocycles. The molecule has 0 aliphatic rings. The van der Waals surface area contributed by atoms with E-state index in [1.54, 1.807) is 0 Å². The third-order valence-electron chi connectivity index (χ3n) is 4.41. The number of unbranched alkanes of at least 4 members (excludes halogenated alkanes) is 14. The van der Waals surface area contributed by atoms with Crippen molar-refractivity contribution in [2.75, 3.05) is 34.2 Å². The summed E-state index contributed by atoms with van der Waals surface area (Å²) in [5, 5.41) is 3.61. The molecule has 0 aromatic carbocycles. The average Bonchev–Trinajstić information content (AvgIpc) is 2.57. The summed E-state index contributed by atoms with van der Waals surface area (Å²) < 4.78 is 0. The predicted octanol–water partition coefficient (Wildman–Crippen LogP) is 7.88. The number of nitrogens with one attached hydrogen (secondary N) is 1. The Morgan fingerprint density at radius 2 is 0.667 bits per heavy atom. The van der Waals surface area contributed by atoms with Crippen molar-refractivity contribution in [1.82, 2.24) is 10.2 Å². The topological polar surface area (TPSA) is 15.3 Å². The molecule has 0 fully saturated rings. The van der Waals surface area contributed by atoms with Crippen LogP contribution in [-0.2, 0) is 0 Å². The lowest BCUT2D eigenvalue weighted by atomic mass is 10.1. The zero-order valence-electron chi connectivity index (χ0n) is 19.5. The molecular weight excluding hydrogens is 375 g/mol. The van der Waals surface area contributed by atoms with E-state index in [0.717, 1.165) is 0 Å². The molecule has 0 saturated heterocycles. The molecule has 0 atom stereocenters. The van der Waals surface area contributed by atoms with Crippen LogP contribution in [-0.4, -0.2) is 39.1 Å². The summed E-state index contributed by atoms with van der Waals surface area (Å²) in [6.45, 7) is 7.06. The van der Waals surface area contributed by atoms with Crippen LogP contribution in [0.1, 0.15) is 117 Å². The predicted molar refractivity (Wildman–Crippen MR) is 132 cm³/mol. The van der Waals surface area contributed by atoms with Crippen molar-refractivity contribution in [1.29, 1.82) is 0 Å². The van der Waals surface area contributed by atoms with Gasteiger partial charge in [0.1, 0.15) is 0 Å². The Morgan fingerprint density at radius 3 is 0.926 bits per heavy atom. The van der Waals surface area contributed by atoms with Gasteiger partial charge in [0.05, 0.1) is 0 Å². The molecule has 0 spiro atoms. The van der Waals surface area contributed by atoms with Gasteiger partial charge in [-0.15, -0.1) is 24.8 Å². The summed E-state index contributed by atoms with van der Waals surface area (Å²) in [6, 6.07) is 0. The highest BCUT2D eigenvalue weighted by Crippen LogP contribution is 2.09. The molecule has 1 N–H and O–H groups in total. The first-order valence-corrected chi connectivity index (χ1v) is 11.5. The number of hydrogen-bond donors (Lipinski definition) is 1. The maximum absolute atomic E-state index is 3.61. The fourth-order valence-electron chi connectivity index (χ4n) is 2.89. The summed E-state index contributed by atoms with van der Waals surface area (Å²) in [5.74, 6) is 0. The van der Waals surface area contributed by atoms with E-state index in [2.05, 4.69) is 19.2 Å². The van der Waals surface area contributed by atoms with Gasteiger partial charge in [-0.3, -0.25) is 0 Å². The summed E-state index contributed by atoms with van der Waals surface area (Å²) in [4.78, 5) is 2.00. The van der Waals surface area contributed by atoms with Crippen LogP contribution >= 0.6 is 24.8 Å². The molecule has 170 valence electrons. The van der Waals surface area contributed by atoms with E-state index < -0.39 is 0 Å². The normalized spacial score (nSPS) is 10.0. The van der Waals surface area contributed by atoms with E-state index in [1.165, 1.54) is 116 Å². The van der Waals surface area contributed by atoms with Gasteiger partial charge in [0, 0.05) is 0 Å². The van der Waals surface area contributed by atoms with Crippen LogP contribution in [0.3, 0.4) is 0 Å². The molecule has 27 heavy (non-hydrogen) atoms. The van der Waals surface area contributed by atoms with E-state index in [0.29, 0.717) is 0 Å². The Kier molecular flexibility index (Phi) is 44.1. The molecular formula is C23H54Cl2N2. The highest BCUT2D eigenvalue weighted by Gasteiger charge is 1.93. The van der Waals surface area contributed by atoms with Crippen LogP contribution in [0, 0.1) is 0 Å². The van der Waals surface area contributed by atoms with Crippen molar-refractivity contribution >= 4 is 24.8 Å². The molecule has 0 amide bonds. The van der Waals surface area contributed by atoms with Crippen LogP contribution in [0.5, 0.6) is 0 Å². The largest absolute Gasteiger partial charge is 0.317 e. The Bertz CT molecular complexity index is 194. The van der Waals surface area contributed by atoms with Crippen molar-refractivity contribution in [2.24, 2.45) is 0 Å². The molecule has 0 bridgehead atoms. The molecule has 2 nitrogen and oxygen atoms in total. The van der Waals surface area contributed by atoms with Crippen molar-refractivity contribution in [3.63, 3.8) is 0 Å². The van der Waals surface area contributed by atoms with Gasteiger partial charge in [-0.1, -0.05) is 104 Å². The molecule has 0 aliphatic heterocycles. The Labute approximate surface area is 185 Å². The van der Waals surface area contributed by atoms with Crippen molar-refractivity contribution in [3.8, 4) is 0 Å². The number of rotatable bonds is 18. The molecule has 0 rings (SSSR count). The maximum Gasteiger partial charge on any atom is -0.00489 e. The lowest BCUT2D eigenvalue weighted by Crippen LogP contribution is -2.16. The second kappa shape index (κ2) is 34.0. The lowest BCUT2D eigenvalue weighted by Gasteiger charge is -2.05. The van der Waals surface area contributed by atoms with Gasteiger partial charge in [-0.25, -0.2) is 0 Å². The minimum absolute atomic E-state index is 0. The van der Waals surface area contributed by atoms with Crippen molar-refractivity contribution in [3.05, 3.63) is 0 Å². The van der Waals surface area contributed by atoms with Crippen LogP contribution in [0.25, 0.3) is 0 Å². The fourth-order valence-corrected chi connectivity index (χ4v) is 2.89. The maximum atomic E-state index is 3.61. The zero-order chi connectivity index (χ0) is 19.0. The molecule has 0 saturated carbocycles. The molecule has 4 heteroatoms. The summed E-state index contributed by atoms with van der Waals surface area (Å²) in [7, 11) is 6.00. The molecule has 0 unspecified atom stereocenters. The van der Waals surface area contributed by atoms with E-state index in [-0.39, 0.29) is 24.8 Å². The first kappa shape index (κ1) is 35.0. The standard InChI is InChI=1S/C20H43N.C3H9N.2ClH/c1-3-5-7-9-11-13-15-17-19-21-20-18-16-14-12-10-8-6-4-2;1-4(2)3;;/h21H,3-20H2,1-2H3;1-3H3;2*1H. The van der Waals surface area contributed by atoms with E-state index in [4.69, 9.17) is 0 Å². The zero-order valence-corrected chi connectivity index (χ0v) is 21.1. The summed E-state index contributed by atoms with van der Waals surface area (Å²) in [6.07, 6.45) is 22.8. The van der Waals surface area contributed by atoms with Gasteiger partial charge in [-0.2, -0.15) is 0 Å². The molecule has 0 aliphatic carbocycles. The van der Waals surface area contributed by atoms with Gasteiger partial charge in [0.2, 0.25) is 0 Å². The number of hydrogen-bond acceptors (Lipinski definition) is 2. The number of halogens is 2. The molecule has 0 heterocycles. The summed E-state index contributed by atoms with van der Waals surface area (Å²) >= 11 is 0. The Balaban J connectivity index is -0.000000398. The monoisotopic (exact) mass is 428 g/mol. The van der Waals surface area contributed by atoms with E-state index in [1.807, 2.05) is 26.0 Å². The SMILES string of the molecule is CCCCCCCCCCNCCCCCCCCCC.CN(C)C.Cl.Cl. The molecule has 0 aromatic rings. The average molecular weight is 430 g/mol. The first-order chi connectivity index (χ1) is 12.1. The van der Waals surface area contributed by atoms with Gasteiger partial charge >= 0.3 is 0 Å². The summed E-state index contributed by atoms with van der Waals surface area (Å²) in [5.41, 5.74) is 0. The van der Waals surface area contributed by atoms with E-state index >= 15 is 0 Å². The van der Waals surface area contributed by atoms with Gasteiger partial charge in [0.25, 0.3) is 0 Å². The van der Waals surface area contributed by atoms with Crippen LogP contribution < -0.4 is 5.32 Å². The Morgan fingerprint density at radius 1 is 0.444 bits per heavy atom. The Hall–Kier alpha value is 0.500. The van der Waals surface area contributed by atoms with Crippen LogP contribution in [0.2, 0.25) is 0 Å². The van der Waals surface area contributed by atoms with Gasteiger partial charge < -0.3 is 10.2 Å².